The number of fused-ring (bicyclic) bond motifs is 1. The third kappa shape index (κ3) is 2.65. The molecule has 106 valence electrons. The summed E-state index contributed by atoms with van der Waals surface area (Å²) in [5.74, 6) is -1.06. The molecule has 0 unspecified atom stereocenters. The van der Waals surface area contributed by atoms with Crippen molar-refractivity contribution < 1.29 is 18.1 Å². The van der Waals surface area contributed by atoms with Gasteiger partial charge in [-0.05, 0) is 10.8 Å². The van der Waals surface area contributed by atoms with Crippen LogP contribution in [-0.2, 0) is 11.2 Å². The SMILES string of the molecule is O=C(Cc1nc(-c2cccc3ccccc23)no1)C(F)F. The van der Waals surface area contributed by atoms with Crippen LogP contribution in [0.15, 0.2) is 47.0 Å². The Kier molecular flexibility index (Phi) is 3.43. The van der Waals surface area contributed by atoms with Crippen molar-refractivity contribution >= 4 is 16.6 Å². The molecule has 6 heteroatoms. The number of benzene rings is 2. The van der Waals surface area contributed by atoms with E-state index in [1.54, 1.807) is 0 Å². The molecule has 0 aliphatic carbocycles. The van der Waals surface area contributed by atoms with Gasteiger partial charge in [-0.1, -0.05) is 47.6 Å². The molecule has 0 radical (unpaired) electrons. The number of carbonyl (C=O) groups excluding carboxylic acids is 1. The lowest BCUT2D eigenvalue weighted by Crippen LogP contribution is -2.12. The van der Waals surface area contributed by atoms with Crippen molar-refractivity contribution in [3.63, 3.8) is 0 Å². The highest BCUT2D eigenvalue weighted by atomic mass is 19.3. The van der Waals surface area contributed by atoms with E-state index < -0.39 is 18.6 Å². The number of ketones is 1. The zero-order valence-electron chi connectivity index (χ0n) is 10.8. The molecule has 0 atom stereocenters. The highest BCUT2D eigenvalue weighted by molar-refractivity contribution is 5.95. The fourth-order valence-corrected chi connectivity index (χ4v) is 2.08. The molecule has 4 nitrogen and oxygen atoms in total. The quantitative estimate of drug-likeness (QED) is 0.739. The highest BCUT2D eigenvalue weighted by Crippen LogP contribution is 2.26. The summed E-state index contributed by atoms with van der Waals surface area (Å²) in [5, 5.41) is 5.69. The molecule has 0 spiro atoms. The number of nitrogens with zero attached hydrogens (tertiary/aromatic N) is 2. The number of hydrogen-bond donors (Lipinski definition) is 0. The van der Waals surface area contributed by atoms with Crippen molar-refractivity contribution in [1.82, 2.24) is 10.1 Å². The molecule has 2 aromatic carbocycles. The summed E-state index contributed by atoms with van der Waals surface area (Å²) >= 11 is 0. The predicted molar refractivity (Wildman–Crippen MR) is 72.0 cm³/mol. The topological polar surface area (TPSA) is 56.0 Å². The van der Waals surface area contributed by atoms with E-state index in [1.165, 1.54) is 0 Å². The molecule has 0 saturated heterocycles. The van der Waals surface area contributed by atoms with Crippen molar-refractivity contribution in [2.75, 3.05) is 0 Å². The molecule has 0 aliphatic rings. The summed E-state index contributed by atoms with van der Waals surface area (Å²) in [4.78, 5) is 15.0. The standard InChI is InChI=1S/C15H10F2N2O2/c16-14(17)12(20)8-13-18-15(19-21-13)11-7-3-5-9-4-1-2-6-10(9)11/h1-7,14H,8H2. The van der Waals surface area contributed by atoms with Gasteiger partial charge >= 0.3 is 0 Å². The zero-order chi connectivity index (χ0) is 14.8. The highest BCUT2D eigenvalue weighted by Gasteiger charge is 2.20. The Hall–Kier alpha value is -2.63. The summed E-state index contributed by atoms with van der Waals surface area (Å²) < 4.78 is 29.3. The molecule has 0 bridgehead atoms. The second-order valence-electron chi connectivity index (χ2n) is 4.48. The molecule has 0 saturated carbocycles. The van der Waals surface area contributed by atoms with E-state index in [1.807, 2.05) is 42.5 Å². The molecular weight excluding hydrogens is 278 g/mol. The van der Waals surface area contributed by atoms with Crippen LogP contribution < -0.4 is 0 Å². The van der Waals surface area contributed by atoms with Crippen molar-refractivity contribution in [2.45, 2.75) is 12.8 Å². The van der Waals surface area contributed by atoms with E-state index in [-0.39, 0.29) is 11.7 Å². The maximum Gasteiger partial charge on any atom is 0.296 e. The largest absolute Gasteiger partial charge is 0.338 e. The number of rotatable bonds is 4. The van der Waals surface area contributed by atoms with Crippen LogP contribution in [0, 0.1) is 0 Å². The van der Waals surface area contributed by atoms with Gasteiger partial charge in [-0.25, -0.2) is 8.78 Å². The third-order valence-electron chi connectivity index (χ3n) is 3.07. The van der Waals surface area contributed by atoms with E-state index in [4.69, 9.17) is 4.52 Å². The first-order valence-corrected chi connectivity index (χ1v) is 6.27. The van der Waals surface area contributed by atoms with Gasteiger partial charge in [0.1, 0.15) is 0 Å². The van der Waals surface area contributed by atoms with Gasteiger partial charge in [0, 0.05) is 5.56 Å². The molecule has 3 rings (SSSR count). The Morgan fingerprint density at radius 1 is 1.14 bits per heavy atom. The molecule has 1 aromatic heterocycles. The summed E-state index contributed by atoms with van der Waals surface area (Å²) in [6.45, 7) is 0. The van der Waals surface area contributed by atoms with Gasteiger partial charge in [0.15, 0.2) is 0 Å². The third-order valence-corrected chi connectivity index (χ3v) is 3.07. The first-order valence-electron chi connectivity index (χ1n) is 6.27. The number of carbonyl (C=O) groups is 1. The number of Topliss-reactive ketones (excluding diaryl/α,β-unsaturated/α-hetero) is 1. The average Bonchev–Trinajstić information content (AvgIpc) is 2.95. The second-order valence-corrected chi connectivity index (χ2v) is 4.48. The van der Waals surface area contributed by atoms with Crippen LogP contribution >= 0.6 is 0 Å². The average molecular weight is 288 g/mol. The summed E-state index contributed by atoms with van der Waals surface area (Å²) in [6, 6.07) is 13.2. The smallest absolute Gasteiger partial charge is 0.296 e. The Bertz CT molecular complexity index is 794. The van der Waals surface area contributed by atoms with Gasteiger partial charge in [-0.3, -0.25) is 4.79 Å². The van der Waals surface area contributed by atoms with Crippen LogP contribution in [-0.4, -0.2) is 22.3 Å². The van der Waals surface area contributed by atoms with Crippen molar-refractivity contribution in [3.05, 3.63) is 48.4 Å². The second kappa shape index (κ2) is 5.40. The van der Waals surface area contributed by atoms with Gasteiger partial charge in [-0.2, -0.15) is 4.98 Å². The maximum atomic E-state index is 12.2. The number of aromatic nitrogens is 2. The van der Waals surface area contributed by atoms with Crippen molar-refractivity contribution in [2.24, 2.45) is 0 Å². The van der Waals surface area contributed by atoms with Gasteiger partial charge < -0.3 is 4.52 Å². The summed E-state index contributed by atoms with van der Waals surface area (Å²) in [7, 11) is 0. The molecule has 0 aliphatic heterocycles. The van der Waals surface area contributed by atoms with E-state index in [0.717, 1.165) is 16.3 Å². The van der Waals surface area contributed by atoms with Crippen LogP contribution in [0.1, 0.15) is 5.89 Å². The molecule has 0 fully saturated rings. The molecular formula is C15H10F2N2O2. The van der Waals surface area contributed by atoms with Crippen LogP contribution in [0.4, 0.5) is 8.78 Å². The zero-order valence-corrected chi connectivity index (χ0v) is 10.8. The lowest BCUT2D eigenvalue weighted by molar-refractivity contribution is -0.129. The number of alkyl halides is 2. The van der Waals surface area contributed by atoms with E-state index >= 15 is 0 Å². The summed E-state index contributed by atoms with van der Waals surface area (Å²) in [5.41, 5.74) is 0.729. The van der Waals surface area contributed by atoms with Crippen molar-refractivity contribution in [1.29, 1.82) is 0 Å². The Morgan fingerprint density at radius 3 is 2.71 bits per heavy atom. The van der Waals surface area contributed by atoms with Crippen molar-refractivity contribution in [3.8, 4) is 11.4 Å². The van der Waals surface area contributed by atoms with E-state index in [9.17, 15) is 13.6 Å². The molecule has 0 N–H and O–H groups in total. The van der Waals surface area contributed by atoms with Crippen LogP contribution in [0.3, 0.4) is 0 Å². The minimum absolute atomic E-state index is 0.108. The minimum Gasteiger partial charge on any atom is -0.338 e. The lowest BCUT2D eigenvalue weighted by atomic mass is 10.0. The number of halogens is 2. The number of hydrogen-bond acceptors (Lipinski definition) is 4. The van der Waals surface area contributed by atoms with Gasteiger partial charge in [0.2, 0.25) is 17.5 Å². The lowest BCUT2D eigenvalue weighted by Gasteiger charge is -2.01. The van der Waals surface area contributed by atoms with Gasteiger partial charge in [0.05, 0.1) is 6.42 Å². The maximum absolute atomic E-state index is 12.2. The normalized spacial score (nSPS) is 11.2. The predicted octanol–water partition coefficient (Wildman–Crippen LogP) is 3.27. The van der Waals surface area contributed by atoms with E-state index in [2.05, 4.69) is 10.1 Å². The summed E-state index contributed by atoms with van der Waals surface area (Å²) in [6.07, 6.45) is -3.59. The van der Waals surface area contributed by atoms with E-state index in [0.29, 0.717) is 0 Å². The fourth-order valence-electron chi connectivity index (χ4n) is 2.08. The Balaban J connectivity index is 1.97. The molecule has 21 heavy (non-hydrogen) atoms. The first-order chi connectivity index (χ1) is 10.1. The van der Waals surface area contributed by atoms with Gasteiger partial charge in [-0.15, -0.1) is 0 Å². The van der Waals surface area contributed by atoms with Crippen LogP contribution in [0.2, 0.25) is 0 Å². The fraction of sp³-hybridized carbons (Fsp3) is 0.133. The Morgan fingerprint density at radius 2 is 1.90 bits per heavy atom. The molecule has 3 aromatic rings. The minimum atomic E-state index is -3.03. The van der Waals surface area contributed by atoms with Crippen LogP contribution in [0.5, 0.6) is 0 Å². The first kappa shape index (κ1) is 13.4. The monoisotopic (exact) mass is 288 g/mol. The molecule has 1 heterocycles. The molecule has 0 amide bonds. The van der Waals surface area contributed by atoms with Gasteiger partial charge in [0.25, 0.3) is 6.43 Å². The Labute approximate surface area is 118 Å². The van der Waals surface area contributed by atoms with Crippen LogP contribution in [0.25, 0.3) is 22.2 Å².